The van der Waals surface area contributed by atoms with Gasteiger partial charge in [-0.15, -0.1) is 0 Å². The lowest BCUT2D eigenvalue weighted by Crippen LogP contribution is -2.44. The van der Waals surface area contributed by atoms with Crippen LogP contribution in [0.2, 0.25) is 0 Å². The van der Waals surface area contributed by atoms with Crippen molar-refractivity contribution in [3.05, 3.63) is 30.3 Å². The highest BCUT2D eigenvalue weighted by molar-refractivity contribution is 7.90. The summed E-state index contributed by atoms with van der Waals surface area (Å²) < 4.78 is 27.6. The molecule has 1 unspecified atom stereocenters. The van der Waals surface area contributed by atoms with E-state index >= 15 is 0 Å². The van der Waals surface area contributed by atoms with Crippen LogP contribution in [0, 0.1) is 0 Å². The quantitative estimate of drug-likeness (QED) is 0.744. The van der Waals surface area contributed by atoms with Crippen LogP contribution in [0.3, 0.4) is 0 Å². The number of hydrogen-bond acceptors (Lipinski definition) is 5. The van der Waals surface area contributed by atoms with Gasteiger partial charge in [-0.2, -0.15) is 0 Å². The molecular weight excluding hydrogens is 292 g/mol. The van der Waals surface area contributed by atoms with Crippen LogP contribution in [0.25, 0.3) is 0 Å². The number of amides is 1. The maximum atomic E-state index is 12.0. The average Bonchev–Trinajstić information content (AvgIpc) is 2.44. The largest absolute Gasteiger partial charge is 0.492 e. The summed E-state index contributed by atoms with van der Waals surface area (Å²) in [6.07, 6.45) is 1.25. The fraction of sp³-hybridized carbons (Fsp3) is 0.500. The zero-order chi connectivity index (χ0) is 15.9. The zero-order valence-corrected chi connectivity index (χ0v) is 13.2. The third-order valence-electron chi connectivity index (χ3n) is 2.93. The molecule has 1 aromatic carbocycles. The molecule has 0 fully saturated rings. The first-order valence-corrected chi connectivity index (χ1v) is 8.72. The molecule has 1 rings (SSSR count). The molecule has 0 spiro atoms. The summed E-state index contributed by atoms with van der Waals surface area (Å²) in [6, 6.07) is 8.49. The number of likely N-dealkylation sites (N-methyl/N-ethyl adjacent to an activating group) is 1. The summed E-state index contributed by atoms with van der Waals surface area (Å²) in [4.78, 5) is 13.4. The standard InChI is InChI=1S/C14H22N2O4S/c1-16(9-10-20-12-6-4-3-5-7-12)14(17)13(15)8-11-21(2,18)19/h3-7,13H,8-11,15H2,1-2H3. The van der Waals surface area contributed by atoms with Crippen LogP contribution in [0.5, 0.6) is 5.75 Å². The second-order valence-corrected chi connectivity index (χ2v) is 7.21. The van der Waals surface area contributed by atoms with Crippen molar-refractivity contribution in [2.45, 2.75) is 12.5 Å². The Morgan fingerprint density at radius 3 is 2.52 bits per heavy atom. The number of sulfone groups is 1. The van der Waals surface area contributed by atoms with Crippen LogP contribution in [0.1, 0.15) is 6.42 Å². The fourth-order valence-electron chi connectivity index (χ4n) is 1.67. The molecule has 0 heterocycles. The molecule has 0 aliphatic heterocycles. The lowest BCUT2D eigenvalue weighted by atomic mass is 10.2. The highest BCUT2D eigenvalue weighted by Gasteiger charge is 2.19. The van der Waals surface area contributed by atoms with E-state index in [2.05, 4.69) is 0 Å². The van der Waals surface area contributed by atoms with Gasteiger partial charge in [0, 0.05) is 13.3 Å². The summed E-state index contributed by atoms with van der Waals surface area (Å²) in [5.41, 5.74) is 5.71. The summed E-state index contributed by atoms with van der Waals surface area (Å²) >= 11 is 0. The van der Waals surface area contributed by atoms with Crippen LogP contribution in [0.4, 0.5) is 0 Å². The molecule has 0 saturated carbocycles. The summed E-state index contributed by atoms with van der Waals surface area (Å²) in [5.74, 6) is 0.365. The Hall–Kier alpha value is -1.60. The first-order valence-electron chi connectivity index (χ1n) is 6.66. The monoisotopic (exact) mass is 314 g/mol. The average molecular weight is 314 g/mol. The van der Waals surface area contributed by atoms with Crippen LogP contribution >= 0.6 is 0 Å². The molecule has 118 valence electrons. The predicted molar refractivity (Wildman–Crippen MR) is 81.9 cm³/mol. The molecule has 6 nitrogen and oxygen atoms in total. The molecule has 1 atom stereocenters. The second kappa shape index (κ2) is 7.99. The molecule has 0 bridgehead atoms. The van der Waals surface area contributed by atoms with Crippen LogP contribution in [-0.2, 0) is 14.6 Å². The van der Waals surface area contributed by atoms with Gasteiger partial charge in [0.05, 0.1) is 18.3 Å². The minimum atomic E-state index is -3.11. The molecule has 0 aromatic heterocycles. The van der Waals surface area contributed by atoms with Crippen molar-refractivity contribution in [2.75, 3.05) is 32.2 Å². The van der Waals surface area contributed by atoms with Crippen LogP contribution in [0.15, 0.2) is 30.3 Å². The lowest BCUT2D eigenvalue weighted by molar-refractivity contribution is -0.131. The number of carbonyl (C=O) groups is 1. The Morgan fingerprint density at radius 2 is 1.95 bits per heavy atom. The summed E-state index contributed by atoms with van der Waals surface area (Å²) in [5, 5.41) is 0. The van der Waals surface area contributed by atoms with Crippen LogP contribution in [-0.4, -0.2) is 57.5 Å². The molecule has 1 amide bonds. The SMILES string of the molecule is CN(CCOc1ccccc1)C(=O)C(N)CCS(C)(=O)=O. The van der Waals surface area contributed by atoms with Gasteiger partial charge in [0.25, 0.3) is 0 Å². The summed E-state index contributed by atoms with van der Waals surface area (Å²) in [7, 11) is -1.48. The predicted octanol–water partition coefficient (Wildman–Crippen LogP) is 0.286. The number of hydrogen-bond donors (Lipinski definition) is 1. The smallest absolute Gasteiger partial charge is 0.239 e. The molecule has 21 heavy (non-hydrogen) atoms. The van der Waals surface area contributed by atoms with E-state index < -0.39 is 15.9 Å². The minimum absolute atomic E-state index is 0.0890. The van der Waals surface area contributed by atoms with E-state index in [9.17, 15) is 13.2 Å². The Labute approximate surface area is 125 Å². The molecule has 0 aliphatic carbocycles. The Balaban J connectivity index is 2.33. The maximum Gasteiger partial charge on any atom is 0.239 e. The second-order valence-electron chi connectivity index (χ2n) is 4.95. The lowest BCUT2D eigenvalue weighted by Gasteiger charge is -2.21. The van der Waals surface area contributed by atoms with E-state index in [1.165, 1.54) is 4.90 Å². The van der Waals surface area contributed by atoms with Crippen molar-refractivity contribution >= 4 is 15.7 Å². The number of benzene rings is 1. The van der Waals surface area contributed by atoms with Gasteiger partial charge in [-0.05, 0) is 18.6 Å². The molecular formula is C14H22N2O4S. The number of carbonyl (C=O) groups excluding carboxylic acids is 1. The number of nitrogens with two attached hydrogens (primary N) is 1. The number of nitrogens with zero attached hydrogens (tertiary/aromatic N) is 1. The highest BCUT2D eigenvalue weighted by atomic mass is 32.2. The van der Waals surface area contributed by atoms with Crippen LogP contribution < -0.4 is 10.5 Å². The Morgan fingerprint density at radius 1 is 1.33 bits per heavy atom. The van der Waals surface area contributed by atoms with Gasteiger partial charge in [0.1, 0.15) is 22.2 Å². The van der Waals surface area contributed by atoms with Gasteiger partial charge >= 0.3 is 0 Å². The van der Waals surface area contributed by atoms with Crippen molar-refractivity contribution in [3.8, 4) is 5.75 Å². The number of para-hydroxylation sites is 1. The van der Waals surface area contributed by atoms with Crippen molar-refractivity contribution in [2.24, 2.45) is 5.73 Å². The van der Waals surface area contributed by atoms with Gasteiger partial charge in [-0.1, -0.05) is 18.2 Å². The van der Waals surface area contributed by atoms with Crippen molar-refractivity contribution in [1.82, 2.24) is 4.90 Å². The third kappa shape index (κ3) is 7.10. The van der Waals surface area contributed by atoms with Gasteiger partial charge in [0.2, 0.25) is 5.91 Å². The van der Waals surface area contributed by atoms with Crippen molar-refractivity contribution < 1.29 is 17.9 Å². The van der Waals surface area contributed by atoms with Gasteiger partial charge < -0.3 is 15.4 Å². The fourth-order valence-corrected chi connectivity index (χ4v) is 2.36. The van der Waals surface area contributed by atoms with Gasteiger partial charge in [-0.25, -0.2) is 8.42 Å². The summed E-state index contributed by atoms with van der Waals surface area (Å²) in [6.45, 7) is 0.741. The Bertz CT molecular complexity index is 545. The van der Waals surface area contributed by atoms with E-state index in [0.717, 1.165) is 12.0 Å². The topological polar surface area (TPSA) is 89.7 Å². The maximum absolute atomic E-state index is 12.0. The molecule has 7 heteroatoms. The first-order chi connectivity index (χ1) is 9.79. The number of ether oxygens (including phenoxy) is 1. The first kappa shape index (κ1) is 17.5. The molecule has 2 N–H and O–H groups in total. The molecule has 0 radical (unpaired) electrons. The van der Waals surface area contributed by atoms with E-state index in [4.69, 9.17) is 10.5 Å². The molecule has 1 aromatic rings. The molecule has 0 aliphatic rings. The number of rotatable bonds is 8. The van der Waals surface area contributed by atoms with E-state index in [1.54, 1.807) is 7.05 Å². The minimum Gasteiger partial charge on any atom is -0.492 e. The van der Waals surface area contributed by atoms with Gasteiger partial charge in [-0.3, -0.25) is 4.79 Å². The third-order valence-corrected chi connectivity index (χ3v) is 3.91. The molecule has 0 saturated heterocycles. The van der Waals surface area contributed by atoms with E-state index in [1.807, 2.05) is 30.3 Å². The normalized spacial score (nSPS) is 12.7. The van der Waals surface area contributed by atoms with E-state index in [-0.39, 0.29) is 18.1 Å². The Kier molecular flexibility index (Phi) is 6.64. The van der Waals surface area contributed by atoms with Gasteiger partial charge in [0.15, 0.2) is 0 Å². The zero-order valence-electron chi connectivity index (χ0n) is 12.4. The van der Waals surface area contributed by atoms with Crippen molar-refractivity contribution in [3.63, 3.8) is 0 Å². The highest BCUT2D eigenvalue weighted by Crippen LogP contribution is 2.08. The van der Waals surface area contributed by atoms with Crippen molar-refractivity contribution in [1.29, 1.82) is 0 Å². The van der Waals surface area contributed by atoms with E-state index in [0.29, 0.717) is 13.2 Å².